The van der Waals surface area contributed by atoms with E-state index in [4.69, 9.17) is 4.52 Å². The van der Waals surface area contributed by atoms with E-state index < -0.39 is 5.69 Å². The van der Waals surface area contributed by atoms with Crippen molar-refractivity contribution in [3.63, 3.8) is 0 Å². The molecular formula is C24H20N4O3S. The Morgan fingerprint density at radius 3 is 2.53 bits per heavy atom. The number of rotatable bonds is 5. The SMILES string of the molecule is Cc1ccc(-c2noc(Cn3c(=O)n(Cc4ccccc4)c(=O)c4sccc43)n2)cc1C. The summed E-state index contributed by atoms with van der Waals surface area (Å²) in [4.78, 5) is 30.8. The zero-order valence-corrected chi connectivity index (χ0v) is 18.4. The van der Waals surface area contributed by atoms with Crippen LogP contribution in [0.15, 0.2) is 74.1 Å². The number of benzene rings is 2. The van der Waals surface area contributed by atoms with Crippen LogP contribution in [0, 0.1) is 13.8 Å². The molecule has 5 aromatic rings. The van der Waals surface area contributed by atoms with Crippen molar-refractivity contribution in [3.05, 3.63) is 103 Å². The molecule has 0 amide bonds. The van der Waals surface area contributed by atoms with Gasteiger partial charge in [0.2, 0.25) is 11.7 Å². The van der Waals surface area contributed by atoms with Crippen LogP contribution in [0.5, 0.6) is 0 Å². The maximum atomic E-state index is 13.3. The van der Waals surface area contributed by atoms with E-state index in [0.29, 0.717) is 21.9 Å². The predicted octanol–water partition coefficient (Wildman–Crippen LogP) is 3.99. The molecule has 8 heteroatoms. The number of aryl methyl sites for hydroxylation is 2. The van der Waals surface area contributed by atoms with Crippen LogP contribution in [-0.4, -0.2) is 19.3 Å². The van der Waals surface area contributed by atoms with Crippen LogP contribution in [0.2, 0.25) is 0 Å². The Bertz CT molecular complexity index is 1540. The van der Waals surface area contributed by atoms with Crippen LogP contribution in [0.3, 0.4) is 0 Å². The van der Waals surface area contributed by atoms with Crippen molar-refractivity contribution in [2.45, 2.75) is 26.9 Å². The third kappa shape index (κ3) is 3.58. The molecule has 7 nitrogen and oxygen atoms in total. The number of hydrogen-bond acceptors (Lipinski definition) is 6. The van der Waals surface area contributed by atoms with Crippen LogP contribution in [0.25, 0.3) is 21.6 Å². The first-order chi connectivity index (χ1) is 15.5. The van der Waals surface area contributed by atoms with E-state index in [1.54, 1.807) is 6.07 Å². The summed E-state index contributed by atoms with van der Waals surface area (Å²) in [5, 5.41) is 5.90. The van der Waals surface area contributed by atoms with Gasteiger partial charge in [-0.15, -0.1) is 11.3 Å². The van der Waals surface area contributed by atoms with Gasteiger partial charge in [0, 0.05) is 5.56 Å². The molecule has 0 atom stereocenters. The van der Waals surface area contributed by atoms with Gasteiger partial charge in [0.15, 0.2) is 0 Å². The summed E-state index contributed by atoms with van der Waals surface area (Å²) in [5.41, 5.74) is 3.93. The summed E-state index contributed by atoms with van der Waals surface area (Å²) in [6, 6.07) is 17.2. The van der Waals surface area contributed by atoms with E-state index in [2.05, 4.69) is 10.1 Å². The molecule has 160 valence electrons. The Morgan fingerprint density at radius 2 is 1.75 bits per heavy atom. The summed E-state index contributed by atoms with van der Waals surface area (Å²) >= 11 is 1.32. The van der Waals surface area contributed by atoms with Crippen LogP contribution in [0.1, 0.15) is 22.6 Å². The highest BCUT2D eigenvalue weighted by molar-refractivity contribution is 7.17. The Morgan fingerprint density at radius 1 is 0.938 bits per heavy atom. The maximum absolute atomic E-state index is 13.3. The van der Waals surface area contributed by atoms with Crippen molar-refractivity contribution in [2.24, 2.45) is 0 Å². The largest absolute Gasteiger partial charge is 0.337 e. The maximum Gasteiger partial charge on any atom is 0.332 e. The predicted molar refractivity (Wildman–Crippen MR) is 124 cm³/mol. The standard InChI is InChI=1S/C24H20N4O3S/c1-15-8-9-18(12-16(15)2)22-25-20(31-26-22)14-27-19-10-11-32-21(19)23(29)28(24(27)30)13-17-6-4-3-5-7-17/h3-12H,13-14H2,1-2H3. The molecule has 0 saturated heterocycles. The van der Waals surface area contributed by atoms with Crippen molar-refractivity contribution < 1.29 is 4.52 Å². The molecule has 3 aromatic heterocycles. The zero-order chi connectivity index (χ0) is 22.2. The van der Waals surface area contributed by atoms with Gasteiger partial charge in [-0.25, -0.2) is 4.79 Å². The first-order valence-corrected chi connectivity index (χ1v) is 11.0. The third-order valence-electron chi connectivity index (χ3n) is 5.55. The van der Waals surface area contributed by atoms with Crippen molar-refractivity contribution in [2.75, 3.05) is 0 Å². The van der Waals surface area contributed by atoms with Crippen LogP contribution in [0.4, 0.5) is 0 Å². The van der Waals surface area contributed by atoms with Crippen molar-refractivity contribution in [1.82, 2.24) is 19.3 Å². The lowest BCUT2D eigenvalue weighted by Crippen LogP contribution is -2.40. The van der Waals surface area contributed by atoms with Crippen molar-refractivity contribution in [1.29, 1.82) is 0 Å². The Balaban J connectivity index is 1.55. The molecule has 0 aliphatic rings. The van der Waals surface area contributed by atoms with E-state index in [1.165, 1.54) is 26.0 Å². The van der Waals surface area contributed by atoms with E-state index in [-0.39, 0.29) is 18.6 Å². The average Bonchev–Trinajstić information content (AvgIpc) is 3.47. The highest BCUT2D eigenvalue weighted by Crippen LogP contribution is 2.21. The molecule has 0 N–H and O–H groups in total. The molecular weight excluding hydrogens is 424 g/mol. The summed E-state index contributed by atoms with van der Waals surface area (Å²) in [7, 11) is 0. The molecule has 0 fully saturated rings. The smallest absolute Gasteiger partial charge is 0.332 e. The molecule has 0 saturated carbocycles. The molecule has 2 aromatic carbocycles. The van der Waals surface area contributed by atoms with Gasteiger partial charge >= 0.3 is 5.69 Å². The fourth-order valence-corrected chi connectivity index (χ4v) is 4.49. The third-order valence-corrected chi connectivity index (χ3v) is 6.44. The number of aromatic nitrogens is 4. The lowest BCUT2D eigenvalue weighted by atomic mass is 10.1. The van der Waals surface area contributed by atoms with Crippen molar-refractivity contribution in [3.8, 4) is 11.4 Å². The lowest BCUT2D eigenvalue weighted by molar-refractivity contribution is 0.369. The summed E-state index contributed by atoms with van der Waals surface area (Å²) in [6.45, 7) is 4.36. The fourth-order valence-electron chi connectivity index (χ4n) is 3.64. The molecule has 5 rings (SSSR count). The molecule has 0 bridgehead atoms. The normalized spacial score (nSPS) is 11.3. The summed E-state index contributed by atoms with van der Waals surface area (Å²) in [6.07, 6.45) is 0. The monoisotopic (exact) mass is 444 g/mol. The highest BCUT2D eigenvalue weighted by atomic mass is 32.1. The number of fused-ring (bicyclic) bond motifs is 1. The minimum atomic E-state index is -0.407. The van der Waals surface area contributed by atoms with Gasteiger partial charge in [-0.05, 0) is 48.1 Å². The summed E-state index contributed by atoms with van der Waals surface area (Å²) in [5.74, 6) is 0.771. The molecule has 0 radical (unpaired) electrons. The lowest BCUT2D eigenvalue weighted by Gasteiger charge is -2.10. The van der Waals surface area contributed by atoms with E-state index in [0.717, 1.165) is 16.7 Å². The molecule has 0 aliphatic carbocycles. The second-order valence-corrected chi connectivity index (χ2v) is 8.61. The molecule has 0 unspecified atom stereocenters. The van der Waals surface area contributed by atoms with E-state index in [9.17, 15) is 9.59 Å². The van der Waals surface area contributed by atoms with Gasteiger partial charge < -0.3 is 4.52 Å². The van der Waals surface area contributed by atoms with Gasteiger partial charge in [-0.3, -0.25) is 13.9 Å². The molecule has 3 heterocycles. The van der Waals surface area contributed by atoms with E-state index in [1.807, 2.05) is 67.8 Å². The fraction of sp³-hybridized carbons (Fsp3) is 0.167. The number of nitrogens with zero attached hydrogens (tertiary/aromatic N) is 4. The topological polar surface area (TPSA) is 82.9 Å². The Kier molecular flexibility index (Phi) is 5.07. The Labute approximate surface area is 187 Å². The Hall–Kier alpha value is -3.78. The first-order valence-electron chi connectivity index (χ1n) is 10.2. The van der Waals surface area contributed by atoms with Gasteiger partial charge in [0.25, 0.3) is 5.56 Å². The molecule has 32 heavy (non-hydrogen) atoms. The number of thiophene rings is 1. The van der Waals surface area contributed by atoms with Gasteiger partial charge in [-0.1, -0.05) is 47.6 Å². The van der Waals surface area contributed by atoms with Crippen LogP contribution >= 0.6 is 11.3 Å². The van der Waals surface area contributed by atoms with Crippen molar-refractivity contribution >= 4 is 21.6 Å². The quantitative estimate of drug-likeness (QED) is 0.409. The second kappa shape index (κ2) is 8.05. The minimum absolute atomic E-state index is 0.0823. The number of hydrogen-bond donors (Lipinski definition) is 0. The summed E-state index contributed by atoms with van der Waals surface area (Å²) < 4.78 is 8.76. The zero-order valence-electron chi connectivity index (χ0n) is 17.6. The van der Waals surface area contributed by atoms with Gasteiger partial charge in [0.1, 0.15) is 11.2 Å². The average molecular weight is 445 g/mol. The second-order valence-electron chi connectivity index (χ2n) is 7.69. The molecule has 0 spiro atoms. The van der Waals surface area contributed by atoms with Crippen LogP contribution < -0.4 is 11.2 Å². The highest BCUT2D eigenvalue weighted by Gasteiger charge is 2.17. The van der Waals surface area contributed by atoms with Gasteiger partial charge in [-0.2, -0.15) is 4.98 Å². The first kappa shape index (κ1) is 20.1. The molecule has 0 aliphatic heterocycles. The van der Waals surface area contributed by atoms with Crippen LogP contribution in [-0.2, 0) is 13.1 Å². The minimum Gasteiger partial charge on any atom is -0.337 e. The van der Waals surface area contributed by atoms with Gasteiger partial charge in [0.05, 0.1) is 12.1 Å². The van der Waals surface area contributed by atoms with E-state index >= 15 is 0 Å².